The second-order valence-electron chi connectivity index (χ2n) is 10.4. The molecule has 1 aliphatic rings. The molecule has 4 rings (SSSR count). The zero-order valence-electron chi connectivity index (χ0n) is 22.0. The van der Waals surface area contributed by atoms with Gasteiger partial charge in [0, 0.05) is 38.4 Å². The Balaban J connectivity index is 1.30. The zero-order valence-corrected chi connectivity index (χ0v) is 22.0. The maximum atomic E-state index is 4.55. The van der Waals surface area contributed by atoms with E-state index in [1.807, 2.05) is 24.8 Å². The van der Waals surface area contributed by atoms with Crippen LogP contribution in [0.4, 0.5) is 0 Å². The molecule has 2 aromatic heterocycles. The predicted octanol–water partition coefficient (Wildman–Crippen LogP) is 5.35. The fraction of sp³-hybridized carbons (Fsp3) is 0.586. The quantitative estimate of drug-likeness (QED) is 0.300. The van der Waals surface area contributed by atoms with Crippen LogP contribution in [0.15, 0.2) is 43.0 Å². The van der Waals surface area contributed by atoms with Crippen LogP contribution < -0.4 is 0 Å². The molecular weight excluding hydrogens is 432 g/mol. The number of H-pyrrole nitrogens is 1. The van der Waals surface area contributed by atoms with Gasteiger partial charge in [0.15, 0.2) is 0 Å². The van der Waals surface area contributed by atoms with Crippen LogP contribution in [0.25, 0.3) is 0 Å². The molecular formula is C29H44N6. The predicted molar refractivity (Wildman–Crippen MR) is 143 cm³/mol. The second-order valence-corrected chi connectivity index (χ2v) is 10.4. The number of aromatic nitrogens is 4. The van der Waals surface area contributed by atoms with Gasteiger partial charge in [0.1, 0.15) is 11.6 Å². The summed E-state index contributed by atoms with van der Waals surface area (Å²) in [6.07, 6.45) is 16.7. The van der Waals surface area contributed by atoms with E-state index >= 15 is 0 Å². The summed E-state index contributed by atoms with van der Waals surface area (Å²) in [5.41, 5.74) is 4.53. The first-order valence-corrected chi connectivity index (χ1v) is 13.6. The minimum Gasteiger partial charge on any atom is -0.348 e. The summed E-state index contributed by atoms with van der Waals surface area (Å²) in [5, 5.41) is 0. The largest absolute Gasteiger partial charge is 0.348 e. The van der Waals surface area contributed by atoms with Gasteiger partial charge in [-0.05, 0) is 80.8 Å². The van der Waals surface area contributed by atoms with Crippen LogP contribution in [0.3, 0.4) is 0 Å². The third kappa shape index (κ3) is 7.52. The Kier molecular flexibility index (Phi) is 9.55. The lowest BCUT2D eigenvalue weighted by atomic mass is 9.99. The zero-order chi connectivity index (χ0) is 24.5. The van der Waals surface area contributed by atoms with E-state index < -0.39 is 0 Å². The maximum Gasteiger partial charge on any atom is 0.122 e. The first-order valence-electron chi connectivity index (χ1n) is 13.6. The van der Waals surface area contributed by atoms with E-state index in [9.17, 15) is 0 Å². The normalized spacial score (nSPS) is 15.4. The number of imidazole rings is 2. The van der Waals surface area contributed by atoms with Crippen molar-refractivity contribution in [3.63, 3.8) is 0 Å². The van der Waals surface area contributed by atoms with Crippen LogP contribution >= 0.6 is 0 Å². The summed E-state index contributed by atoms with van der Waals surface area (Å²) in [6, 6.07) is 7.19. The highest BCUT2D eigenvalue weighted by atomic mass is 15.2. The lowest BCUT2D eigenvalue weighted by molar-refractivity contribution is 0.233. The first kappa shape index (κ1) is 25.6. The van der Waals surface area contributed by atoms with Crippen molar-refractivity contribution >= 4 is 0 Å². The van der Waals surface area contributed by atoms with Gasteiger partial charge >= 0.3 is 0 Å². The lowest BCUT2D eigenvalue weighted by Gasteiger charge is -2.21. The molecule has 2 heterocycles. The molecule has 35 heavy (non-hydrogen) atoms. The maximum absolute atomic E-state index is 4.55. The van der Waals surface area contributed by atoms with Crippen molar-refractivity contribution in [1.82, 2.24) is 29.3 Å². The van der Waals surface area contributed by atoms with E-state index in [0.717, 1.165) is 37.2 Å². The minimum absolute atomic E-state index is 0.784. The molecule has 0 spiro atoms. The molecule has 1 atom stereocenters. The average molecular weight is 477 g/mol. The molecule has 0 amide bonds. The van der Waals surface area contributed by atoms with Gasteiger partial charge in [-0.1, -0.05) is 38.5 Å². The summed E-state index contributed by atoms with van der Waals surface area (Å²) in [7, 11) is 2.06. The summed E-state index contributed by atoms with van der Waals surface area (Å²) >= 11 is 0. The third-order valence-corrected chi connectivity index (χ3v) is 7.32. The number of unbranched alkanes of at least 4 members (excludes halogenated alkanes) is 1. The number of fused-ring (bicyclic) bond motifs is 1. The highest BCUT2D eigenvalue weighted by molar-refractivity contribution is 5.36. The Morgan fingerprint density at radius 1 is 0.914 bits per heavy atom. The van der Waals surface area contributed by atoms with Gasteiger partial charge in [-0.15, -0.1) is 0 Å². The SMILES string of the molecule is CCCN(CCC)CCCCC1Cc2ccc(CN(Cc3ncc[nH]3)Cc3nccn3C)cc2C1. The number of nitrogens with zero attached hydrogens (tertiary/aromatic N) is 5. The number of aromatic amines is 1. The Morgan fingerprint density at radius 2 is 1.74 bits per heavy atom. The van der Waals surface area contributed by atoms with Crippen molar-refractivity contribution in [3.8, 4) is 0 Å². The Hall–Kier alpha value is -2.44. The van der Waals surface area contributed by atoms with E-state index in [0.29, 0.717) is 0 Å². The molecule has 1 aliphatic carbocycles. The summed E-state index contributed by atoms with van der Waals surface area (Å²) in [4.78, 5) is 17.3. The highest BCUT2D eigenvalue weighted by Crippen LogP contribution is 2.31. The lowest BCUT2D eigenvalue weighted by Crippen LogP contribution is -2.26. The summed E-state index contributed by atoms with van der Waals surface area (Å²) < 4.78 is 2.10. The number of hydrogen-bond acceptors (Lipinski definition) is 4. The topological polar surface area (TPSA) is 53.0 Å². The van der Waals surface area contributed by atoms with Crippen LogP contribution in [0.1, 0.15) is 74.3 Å². The smallest absolute Gasteiger partial charge is 0.122 e. The van der Waals surface area contributed by atoms with Crippen LogP contribution in [-0.2, 0) is 39.5 Å². The van der Waals surface area contributed by atoms with Gasteiger partial charge < -0.3 is 14.5 Å². The fourth-order valence-electron chi connectivity index (χ4n) is 5.57. The molecule has 6 heteroatoms. The van der Waals surface area contributed by atoms with Gasteiger partial charge in [0.05, 0.1) is 13.1 Å². The monoisotopic (exact) mass is 476 g/mol. The van der Waals surface area contributed by atoms with Gasteiger partial charge in [-0.2, -0.15) is 0 Å². The molecule has 190 valence electrons. The highest BCUT2D eigenvalue weighted by Gasteiger charge is 2.22. The molecule has 0 fully saturated rings. The van der Waals surface area contributed by atoms with E-state index in [-0.39, 0.29) is 0 Å². The molecule has 0 saturated carbocycles. The van der Waals surface area contributed by atoms with Crippen molar-refractivity contribution in [3.05, 3.63) is 71.3 Å². The van der Waals surface area contributed by atoms with Crippen LogP contribution in [0.2, 0.25) is 0 Å². The molecule has 0 saturated heterocycles. The fourth-order valence-corrected chi connectivity index (χ4v) is 5.57. The molecule has 1 aromatic carbocycles. The molecule has 0 bridgehead atoms. The van der Waals surface area contributed by atoms with Crippen molar-refractivity contribution < 1.29 is 0 Å². The number of rotatable bonds is 15. The van der Waals surface area contributed by atoms with Crippen LogP contribution in [0, 0.1) is 5.92 Å². The number of nitrogens with one attached hydrogen (secondary N) is 1. The Labute approximate surface area is 211 Å². The summed E-state index contributed by atoms with van der Waals surface area (Å²) in [6.45, 7) is 10.8. The molecule has 0 aliphatic heterocycles. The van der Waals surface area contributed by atoms with Gasteiger partial charge in [0.2, 0.25) is 0 Å². The van der Waals surface area contributed by atoms with E-state index in [2.05, 4.69) is 68.4 Å². The first-order chi connectivity index (χ1) is 17.1. The molecule has 0 radical (unpaired) electrons. The molecule has 1 unspecified atom stereocenters. The molecule has 3 aromatic rings. The Bertz CT molecular complexity index is 1000. The number of benzene rings is 1. The third-order valence-electron chi connectivity index (χ3n) is 7.32. The number of aryl methyl sites for hydroxylation is 1. The van der Waals surface area contributed by atoms with Gasteiger partial charge in [0.25, 0.3) is 0 Å². The molecule has 6 nitrogen and oxygen atoms in total. The van der Waals surface area contributed by atoms with Crippen LogP contribution in [-0.4, -0.2) is 49.0 Å². The van der Waals surface area contributed by atoms with Crippen molar-refractivity contribution in [2.45, 2.75) is 78.4 Å². The number of hydrogen-bond donors (Lipinski definition) is 1. The molecule has 1 N–H and O–H groups in total. The standard InChI is InChI=1S/C29H44N6/c1-4-14-34(15-5-2)16-7-6-8-24-18-26-10-9-25(20-27(26)19-24)21-35(22-28-30-11-12-31-28)23-29-32-13-17-33(29)3/h9-13,17,20,24H,4-8,14-16,18-19,21-23H2,1-3H3,(H,30,31). The van der Waals surface area contributed by atoms with Crippen molar-refractivity contribution in [2.24, 2.45) is 13.0 Å². The second kappa shape index (κ2) is 13.0. The average Bonchev–Trinajstić information content (AvgIpc) is 3.59. The van der Waals surface area contributed by atoms with Crippen molar-refractivity contribution in [2.75, 3.05) is 19.6 Å². The van der Waals surface area contributed by atoms with Crippen LogP contribution in [0.5, 0.6) is 0 Å². The van der Waals surface area contributed by atoms with E-state index in [1.165, 1.54) is 70.1 Å². The summed E-state index contributed by atoms with van der Waals surface area (Å²) in [5.74, 6) is 2.89. The van der Waals surface area contributed by atoms with Gasteiger partial charge in [-0.25, -0.2) is 9.97 Å². The Morgan fingerprint density at radius 3 is 2.46 bits per heavy atom. The van der Waals surface area contributed by atoms with Gasteiger partial charge in [-0.3, -0.25) is 4.90 Å². The van der Waals surface area contributed by atoms with E-state index in [4.69, 9.17) is 0 Å². The van der Waals surface area contributed by atoms with E-state index in [1.54, 1.807) is 11.1 Å². The van der Waals surface area contributed by atoms with Crippen molar-refractivity contribution in [1.29, 1.82) is 0 Å². The minimum atomic E-state index is 0.784.